The van der Waals surface area contributed by atoms with Crippen molar-refractivity contribution < 1.29 is 9.53 Å². The zero-order valence-electron chi connectivity index (χ0n) is 8.51. The maximum absolute atomic E-state index is 11.2. The van der Waals surface area contributed by atoms with Crippen molar-refractivity contribution in [2.45, 2.75) is 52.1 Å². The van der Waals surface area contributed by atoms with E-state index in [1.807, 2.05) is 6.92 Å². The molecule has 0 saturated carbocycles. The van der Waals surface area contributed by atoms with Crippen LogP contribution in [-0.4, -0.2) is 12.1 Å². The Balaban J connectivity index is 2.36. The van der Waals surface area contributed by atoms with Crippen LogP contribution in [0.4, 0.5) is 0 Å². The fraction of sp³-hybridized carbons (Fsp3) is 0.727. The molecule has 1 aliphatic rings. The third-order valence-corrected chi connectivity index (χ3v) is 2.27. The number of rotatable bonds is 3. The van der Waals surface area contributed by atoms with Crippen LogP contribution in [0.2, 0.25) is 0 Å². The fourth-order valence-corrected chi connectivity index (χ4v) is 1.59. The summed E-state index contributed by atoms with van der Waals surface area (Å²) in [6, 6.07) is 0. The molecule has 0 aromatic heterocycles. The first-order valence-electron chi connectivity index (χ1n) is 5.09. The number of ether oxygens (including phenoxy) is 1. The summed E-state index contributed by atoms with van der Waals surface area (Å²) in [5, 5.41) is 0. The quantitative estimate of drug-likeness (QED) is 0.495. The molecule has 0 spiro atoms. The van der Waals surface area contributed by atoms with E-state index in [1.165, 1.54) is 5.57 Å². The summed E-state index contributed by atoms with van der Waals surface area (Å²) in [5.74, 6) is -0.0570. The Kier molecular flexibility index (Phi) is 4.00. The molecule has 2 nitrogen and oxygen atoms in total. The average Bonchev–Trinajstić information content (AvgIpc) is 2.04. The highest BCUT2D eigenvalue weighted by Crippen LogP contribution is 2.19. The summed E-state index contributed by atoms with van der Waals surface area (Å²) in [5.41, 5.74) is 1.35. The zero-order chi connectivity index (χ0) is 9.68. The number of hydrogen-bond acceptors (Lipinski definition) is 2. The first-order chi connectivity index (χ1) is 6.22. The molecule has 74 valence electrons. The lowest BCUT2D eigenvalue weighted by Gasteiger charge is -2.19. The second-order valence-electron chi connectivity index (χ2n) is 3.68. The van der Waals surface area contributed by atoms with Crippen LogP contribution < -0.4 is 0 Å². The van der Waals surface area contributed by atoms with Crippen LogP contribution in [0, 0.1) is 0 Å². The van der Waals surface area contributed by atoms with E-state index in [0.717, 1.165) is 25.7 Å². The Labute approximate surface area is 80.0 Å². The Morgan fingerprint density at radius 2 is 2.46 bits per heavy atom. The molecule has 0 bridgehead atoms. The highest BCUT2D eigenvalue weighted by atomic mass is 16.5. The Bertz CT molecular complexity index is 206. The number of hydrogen-bond donors (Lipinski definition) is 0. The number of carbonyl (C=O) groups is 1. The van der Waals surface area contributed by atoms with Gasteiger partial charge in [-0.25, -0.2) is 0 Å². The number of allylic oxidation sites excluding steroid dienone is 1. The maximum Gasteiger partial charge on any atom is 0.306 e. The summed E-state index contributed by atoms with van der Waals surface area (Å²) >= 11 is 0. The topological polar surface area (TPSA) is 26.3 Å². The predicted molar refractivity (Wildman–Crippen MR) is 52.4 cm³/mol. The van der Waals surface area contributed by atoms with Crippen LogP contribution in [-0.2, 0) is 9.53 Å². The Morgan fingerprint density at radius 3 is 3.08 bits per heavy atom. The largest absolute Gasteiger partial charge is 0.458 e. The molecule has 0 aromatic carbocycles. The standard InChI is InChI=1S/C11H18O2/c1-3-5-11(12)13-10-7-4-6-9(2)8-10/h8,10H,3-7H2,1-2H3/t10-/m0/s1. The lowest BCUT2D eigenvalue weighted by Crippen LogP contribution is -2.18. The van der Waals surface area contributed by atoms with Gasteiger partial charge in [-0.15, -0.1) is 0 Å². The van der Waals surface area contributed by atoms with Gasteiger partial charge >= 0.3 is 5.97 Å². The molecule has 1 atom stereocenters. The summed E-state index contributed by atoms with van der Waals surface area (Å²) in [4.78, 5) is 11.2. The van der Waals surface area contributed by atoms with E-state index in [-0.39, 0.29) is 12.1 Å². The molecule has 0 unspecified atom stereocenters. The van der Waals surface area contributed by atoms with Gasteiger partial charge in [0.25, 0.3) is 0 Å². The molecular formula is C11H18O2. The fourth-order valence-electron chi connectivity index (χ4n) is 1.59. The minimum atomic E-state index is -0.0570. The van der Waals surface area contributed by atoms with E-state index >= 15 is 0 Å². The normalized spacial score (nSPS) is 22.3. The van der Waals surface area contributed by atoms with E-state index in [1.54, 1.807) is 0 Å². The monoisotopic (exact) mass is 182 g/mol. The SMILES string of the molecule is CCCC(=O)O[C@@H]1C=C(C)CCC1. The molecule has 0 radical (unpaired) electrons. The van der Waals surface area contributed by atoms with E-state index in [4.69, 9.17) is 4.74 Å². The van der Waals surface area contributed by atoms with Crippen molar-refractivity contribution in [3.63, 3.8) is 0 Å². The summed E-state index contributed by atoms with van der Waals surface area (Å²) in [6.45, 7) is 4.09. The molecule has 0 amide bonds. The van der Waals surface area contributed by atoms with Crippen molar-refractivity contribution in [3.05, 3.63) is 11.6 Å². The molecule has 1 rings (SSSR count). The van der Waals surface area contributed by atoms with Crippen molar-refractivity contribution in [1.82, 2.24) is 0 Å². The smallest absolute Gasteiger partial charge is 0.306 e. The van der Waals surface area contributed by atoms with Crippen LogP contribution in [0.25, 0.3) is 0 Å². The maximum atomic E-state index is 11.2. The van der Waals surface area contributed by atoms with Gasteiger partial charge in [0, 0.05) is 6.42 Å². The van der Waals surface area contributed by atoms with Gasteiger partial charge in [0.15, 0.2) is 0 Å². The van der Waals surface area contributed by atoms with Gasteiger partial charge in [-0.2, -0.15) is 0 Å². The van der Waals surface area contributed by atoms with E-state index in [0.29, 0.717) is 6.42 Å². The van der Waals surface area contributed by atoms with Crippen molar-refractivity contribution in [2.24, 2.45) is 0 Å². The van der Waals surface area contributed by atoms with Crippen LogP contribution in [0.3, 0.4) is 0 Å². The minimum absolute atomic E-state index is 0.0489. The predicted octanol–water partition coefficient (Wildman–Crippen LogP) is 2.83. The molecule has 2 heteroatoms. The van der Waals surface area contributed by atoms with Crippen LogP contribution in [0.1, 0.15) is 46.0 Å². The third-order valence-electron chi connectivity index (χ3n) is 2.27. The molecule has 0 N–H and O–H groups in total. The summed E-state index contributed by atoms with van der Waals surface area (Å²) in [7, 11) is 0. The Hall–Kier alpha value is -0.790. The van der Waals surface area contributed by atoms with Gasteiger partial charge < -0.3 is 4.74 Å². The lowest BCUT2D eigenvalue weighted by molar-refractivity contribution is -0.147. The molecule has 13 heavy (non-hydrogen) atoms. The second-order valence-corrected chi connectivity index (χ2v) is 3.68. The number of esters is 1. The van der Waals surface area contributed by atoms with Crippen molar-refractivity contribution >= 4 is 5.97 Å². The molecule has 0 fully saturated rings. The zero-order valence-corrected chi connectivity index (χ0v) is 8.51. The molecule has 1 aliphatic carbocycles. The lowest BCUT2D eigenvalue weighted by atomic mass is 9.99. The first kappa shape index (κ1) is 10.3. The molecule has 0 aliphatic heterocycles. The van der Waals surface area contributed by atoms with Crippen molar-refractivity contribution in [2.75, 3.05) is 0 Å². The van der Waals surface area contributed by atoms with Gasteiger partial charge in [0.1, 0.15) is 6.10 Å². The van der Waals surface area contributed by atoms with Crippen LogP contribution >= 0.6 is 0 Å². The van der Waals surface area contributed by atoms with E-state index in [9.17, 15) is 4.79 Å². The summed E-state index contributed by atoms with van der Waals surface area (Å²) < 4.78 is 5.29. The van der Waals surface area contributed by atoms with Crippen LogP contribution in [0.15, 0.2) is 11.6 Å². The highest BCUT2D eigenvalue weighted by molar-refractivity contribution is 5.69. The third kappa shape index (κ3) is 3.62. The van der Waals surface area contributed by atoms with Gasteiger partial charge in [-0.05, 0) is 38.7 Å². The van der Waals surface area contributed by atoms with Crippen molar-refractivity contribution in [1.29, 1.82) is 0 Å². The molecule has 0 aromatic rings. The van der Waals surface area contributed by atoms with E-state index < -0.39 is 0 Å². The molecule has 0 saturated heterocycles. The molecule has 0 heterocycles. The minimum Gasteiger partial charge on any atom is -0.458 e. The van der Waals surface area contributed by atoms with Gasteiger partial charge in [-0.3, -0.25) is 4.79 Å². The van der Waals surface area contributed by atoms with Gasteiger partial charge in [-0.1, -0.05) is 12.5 Å². The summed E-state index contributed by atoms with van der Waals surface area (Å²) in [6.07, 6.45) is 6.84. The Morgan fingerprint density at radius 1 is 1.69 bits per heavy atom. The number of carbonyl (C=O) groups excluding carboxylic acids is 1. The molecular weight excluding hydrogens is 164 g/mol. The van der Waals surface area contributed by atoms with Crippen molar-refractivity contribution in [3.8, 4) is 0 Å². The average molecular weight is 182 g/mol. The first-order valence-corrected chi connectivity index (χ1v) is 5.09. The van der Waals surface area contributed by atoms with E-state index in [2.05, 4.69) is 13.0 Å². The van der Waals surface area contributed by atoms with Crippen LogP contribution in [0.5, 0.6) is 0 Å². The highest BCUT2D eigenvalue weighted by Gasteiger charge is 2.14. The van der Waals surface area contributed by atoms with Gasteiger partial charge in [0.2, 0.25) is 0 Å². The van der Waals surface area contributed by atoms with Gasteiger partial charge in [0.05, 0.1) is 0 Å². The second kappa shape index (κ2) is 5.05.